The summed E-state index contributed by atoms with van der Waals surface area (Å²) in [5.41, 5.74) is 0. The van der Waals surface area contributed by atoms with E-state index in [0.717, 1.165) is 19.4 Å². The molecule has 1 heterocycles. The van der Waals surface area contributed by atoms with Gasteiger partial charge in [0, 0.05) is 19.1 Å². The van der Waals surface area contributed by atoms with Gasteiger partial charge >= 0.3 is 0 Å². The molecule has 78 valence electrons. The molecule has 0 aromatic carbocycles. The van der Waals surface area contributed by atoms with Crippen molar-refractivity contribution in [3.8, 4) is 0 Å². The van der Waals surface area contributed by atoms with Crippen LogP contribution in [-0.2, 0) is 9.53 Å². The first-order chi connectivity index (χ1) is 5.70. The predicted molar refractivity (Wildman–Crippen MR) is 53.6 cm³/mol. The minimum absolute atomic E-state index is 0. The Labute approximate surface area is 80.8 Å². The first-order valence-electron chi connectivity index (χ1n) is 4.59. The maximum atomic E-state index is 11.1. The normalized spacial score (nSPS) is 21.3. The smallest absolute Gasteiger partial charge is 0.222 e. The number of hydrogen-bond donors (Lipinski definition) is 1. The molecule has 1 aliphatic rings. The van der Waals surface area contributed by atoms with Crippen LogP contribution >= 0.6 is 0 Å². The van der Waals surface area contributed by atoms with Gasteiger partial charge in [0.1, 0.15) is 0 Å². The Balaban J connectivity index is 0.00000144. The van der Waals surface area contributed by atoms with E-state index >= 15 is 0 Å². The summed E-state index contributed by atoms with van der Waals surface area (Å²) in [6.07, 6.45) is 2.47. The molecule has 0 radical (unpaired) electrons. The summed E-state index contributed by atoms with van der Waals surface area (Å²) >= 11 is 0. The summed E-state index contributed by atoms with van der Waals surface area (Å²) in [6, 6.07) is 0. The largest absolute Gasteiger partial charge is 0.376 e. The molecule has 1 amide bonds. The highest BCUT2D eigenvalue weighted by Gasteiger charge is 2.16. The first kappa shape index (κ1) is 12.4. The van der Waals surface area contributed by atoms with E-state index in [4.69, 9.17) is 4.74 Å². The minimum atomic E-state index is 0. The van der Waals surface area contributed by atoms with E-state index in [2.05, 4.69) is 5.32 Å². The third-order valence-electron chi connectivity index (χ3n) is 2.05. The molecule has 3 nitrogen and oxygen atoms in total. The Morgan fingerprint density at radius 2 is 2.31 bits per heavy atom. The molecule has 1 unspecified atom stereocenters. The highest BCUT2D eigenvalue weighted by Crippen LogP contribution is 2.10. The second-order valence-corrected chi connectivity index (χ2v) is 3.53. The van der Waals surface area contributed by atoms with Crippen LogP contribution in [0.15, 0.2) is 0 Å². The highest BCUT2D eigenvalue weighted by atomic mass is 16.5. The highest BCUT2D eigenvalue weighted by molar-refractivity contribution is 5.77. The van der Waals surface area contributed by atoms with Crippen LogP contribution in [0.5, 0.6) is 0 Å². The molecule has 1 N–H and O–H groups in total. The lowest BCUT2D eigenvalue weighted by Gasteiger charge is -2.11. The molecule has 0 spiro atoms. The zero-order chi connectivity index (χ0) is 8.97. The standard InChI is InChI=1S/C9H17NO2.CH4/c1-7(2)9(11)10-6-8-4-3-5-12-8;/h7-8H,3-6H2,1-2H3,(H,10,11);1H4. The number of amides is 1. The van der Waals surface area contributed by atoms with Crippen molar-refractivity contribution >= 4 is 5.91 Å². The summed E-state index contributed by atoms with van der Waals surface area (Å²) in [5, 5.41) is 2.86. The zero-order valence-corrected chi connectivity index (χ0v) is 7.80. The average Bonchev–Trinajstić information content (AvgIpc) is 2.51. The van der Waals surface area contributed by atoms with E-state index in [9.17, 15) is 4.79 Å². The lowest BCUT2D eigenvalue weighted by atomic mass is 10.2. The number of carbonyl (C=O) groups is 1. The minimum Gasteiger partial charge on any atom is -0.376 e. The lowest BCUT2D eigenvalue weighted by Crippen LogP contribution is -2.34. The van der Waals surface area contributed by atoms with Crippen molar-refractivity contribution in [1.82, 2.24) is 5.32 Å². The van der Waals surface area contributed by atoms with Gasteiger partial charge in [0.2, 0.25) is 5.91 Å². The molecule has 1 atom stereocenters. The van der Waals surface area contributed by atoms with E-state index < -0.39 is 0 Å². The summed E-state index contributed by atoms with van der Waals surface area (Å²) in [7, 11) is 0. The fraction of sp³-hybridized carbons (Fsp3) is 0.900. The molecule has 0 aromatic heterocycles. The number of carbonyl (C=O) groups excluding carboxylic acids is 1. The van der Waals surface area contributed by atoms with Gasteiger partial charge < -0.3 is 10.1 Å². The van der Waals surface area contributed by atoms with E-state index in [1.54, 1.807) is 0 Å². The van der Waals surface area contributed by atoms with Crippen LogP contribution in [0, 0.1) is 5.92 Å². The molecule has 1 rings (SSSR count). The van der Waals surface area contributed by atoms with Gasteiger partial charge in [-0.3, -0.25) is 4.79 Å². The Hall–Kier alpha value is -0.570. The monoisotopic (exact) mass is 187 g/mol. The summed E-state index contributed by atoms with van der Waals surface area (Å²) < 4.78 is 5.37. The van der Waals surface area contributed by atoms with Gasteiger partial charge in [-0.15, -0.1) is 0 Å². The maximum absolute atomic E-state index is 11.1. The maximum Gasteiger partial charge on any atom is 0.222 e. The molecule has 0 aromatic rings. The van der Waals surface area contributed by atoms with Crippen molar-refractivity contribution in [2.45, 2.75) is 40.2 Å². The molecule has 13 heavy (non-hydrogen) atoms. The van der Waals surface area contributed by atoms with Crippen molar-refractivity contribution in [3.05, 3.63) is 0 Å². The molecule has 0 saturated carbocycles. The van der Waals surface area contributed by atoms with E-state index in [-0.39, 0.29) is 25.4 Å². The molecule has 3 heteroatoms. The van der Waals surface area contributed by atoms with Gasteiger partial charge in [0.15, 0.2) is 0 Å². The quantitative estimate of drug-likeness (QED) is 0.728. The Morgan fingerprint density at radius 1 is 1.62 bits per heavy atom. The molecule has 0 bridgehead atoms. The SMILES string of the molecule is C.CC(C)C(=O)NCC1CCCO1. The van der Waals surface area contributed by atoms with Crippen LogP contribution in [-0.4, -0.2) is 25.2 Å². The van der Waals surface area contributed by atoms with Gasteiger partial charge in [-0.2, -0.15) is 0 Å². The van der Waals surface area contributed by atoms with Crippen molar-refractivity contribution in [1.29, 1.82) is 0 Å². The van der Waals surface area contributed by atoms with Gasteiger partial charge in [0.05, 0.1) is 6.10 Å². The van der Waals surface area contributed by atoms with Gasteiger partial charge in [-0.05, 0) is 12.8 Å². The third kappa shape index (κ3) is 4.27. The fourth-order valence-electron chi connectivity index (χ4n) is 1.22. The average molecular weight is 187 g/mol. The van der Waals surface area contributed by atoms with Gasteiger partial charge in [-0.1, -0.05) is 21.3 Å². The van der Waals surface area contributed by atoms with Gasteiger partial charge in [0.25, 0.3) is 0 Å². The van der Waals surface area contributed by atoms with E-state index in [0.29, 0.717) is 6.54 Å². The molecule has 1 fully saturated rings. The topological polar surface area (TPSA) is 38.3 Å². The molecule has 1 saturated heterocycles. The van der Waals surface area contributed by atoms with Crippen molar-refractivity contribution in [2.24, 2.45) is 5.92 Å². The second-order valence-electron chi connectivity index (χ2n) is 3.53. The van der Waals surface area contributed by atoms with Crippen molar-refractivity contribution in [3.63, 3.8) is 0 Å². The van der Waals surface area contributed by atoms with Crippen LogP contribution in [0.4, 0.5) is 0 Å². The third-order valence-corrected chi connectivity index (χ3v) is 2.05. The summed E-state index contributed by atoms with van der Waals surface area (Å²) in [4.78, 5) is 11.1. The zero-order valence-electron chi connectivity index (χ0n) is 7.80. The van der Waals surface area contributed by atoms with Crippen LogP contribution in [0.2, 0.25) is 0 Å². The molecule has 0 aliphatic carbocycles. The van der Waals surface area contributed by atoms with Gasteiger partial charge in [-0.25, -0.2) is 0 Å². The fourth-order valence-corrected chi connectivity index (χ4v) is 1.22. The second kappa shape index (κ2) is 5.97. The van der Waals surface area contributed by atoms with Crippen LogP contribution in [0.1, 0.15) is 34.1 Å². The van der Waals surface area contributed by atoms with Crippen LogP contribution in [0.25, 0.3) is 0 Å². The number of rotatable bonds is 3. The first-order valence-corrected chi connectivity index (χ1v) is 4.59. The van der Waals surface area contributed by atoms with Crippen molar-refractivity contribution < 1.29 is 9.53 Å². The number of hydrogen-bond acceptors (Lipinski definition) is 2. The molecular formula is C10H21NO2. The number of ether oxygens (including phenoxy) is 1. The van der Waals surface area contributed by atoms with Crippen LogP contribution < -0.4 is 5.32 Å². The lowest BCUT2D eigenvalue weighted by molar-refractivity contribution is -0.124. The van der Waals surface area contributed by atoms with Crippen LogP contribution in [0.3, 0.4) is 0 Å². The Kier molecular flexibility index (Phi) is 5.71. The summed E-state index contributed by atoms with van der Waals surface area (Å²) in [5.74, 6) is 0.192. The summed E-state index contributed by atoms with van der Waals surface area (Å²) in [6.45, 7) is 5.31. The van der Waals surface area contributed by atoms with E-state index in [1.807, 2.05) is 13.8 Å². The number of nitrogens with one attached hydrogen (secondary N) is 1. The Bertz CT molecular complexity index is 151. The molecular weight excluding hydrogens is 166 g/mol. The predicted octanol–water partition coefficient (Wildman–Crippen LogP) is 1.57. The Morgan fingerprint density at radius 3 is 2.77 bits per heavy atom. The molecule has 1 aliphatic heterocycles. The van der Waals surface area contributed by atoms with E-state index in [1.165, 1.54) is 0 Å². The van der Waals surface area contributed by atoms with Crippen molar-refractivity contribution in [2.75, 3.05) is 13.2 Å².